The van der Waals surface area contributed by atoms with E-state index in [1.807, 2.05) is 0 Å². The maximum absolute atomic E-state index is 13.8. The third-order valence-electron chi connectivity index (χ3n) is 6.33. The topological polar surface area (TPSA) is 90.7 Å². The predicted molar refractivity (Wildman–Crippen MR) is 142 cm³/mol. The van der Waals surface area contributed by atoms with Crippen LogP contribution in [0.4, 0.5) is 5.69 Å². The number of carbonyl (C=O) groups is 1. The SMILES string of the molecule is CC1=NN(c2ccc(Cl)cc2)C(=O)[C@@H]1[C@@H](c1cccc(O)c1)c1c(C)[nH]n(-c2ccc(Cl)cc2)c1=O. The number of aromatic nitrogens is 2. The van der Waals surface area contributed by atoms with E-state index in [2.05, 4.69) is 10.2 Å². The molecule has 9 heteroatoms. The van der Waals surface area contributed by atoms with Gasteiger partial charge < -0.3 is 5.11 Å². The van der Waals surface area contributed by atoms with E-state index >= 15 is 0 Å². The minimum atomic E-state index is -0.761. The van der Waals surface area contributed by atoms with E-state index < -0.39 is 11.8 Å². The molecule has 1 amide bonds. The number of rotatable bonds is 5. The molecular weight excluding hydrogens is 499 g/mol. The molecule has 1 aliphatic rings. The molecular formula is C27H22Cl2N4O3. The smallest absolute Gasteiger partial charge is 0.275 e. The van der Waals surface area contributed by atoms with Crippen molar-refractivity contribution in [3.05, 3.63) is 110 Å². The zero-order chi connectivity index (χ0) is 25.6. The Balaban J connectivity index is 1.65. The van der Waals surface area contributed by atoms with Crippen LogP contribution in [0.15, 0.2) is 82.7 Å². The summed E-state index contributed by atoms with van der Waals surface area (Å²) < 4.78 is 1.43. The Kier molecular flexibility index (Phi) is 6.20. The Morgan fingerprint density at radius 3 is 2.14 bits per heavy atom. The summed E-state index contributed by atoms with van der Waals surface area (Å²) in [6, 6.07) is 20.3. The molecule has 2 N–H and O–H groups in total. The number of aromatic amines is 1. The van der Waals surface area contributed by atoms with Crippen molar-refractivity contribution in [2.45, 2.75) is 19.8 Å². The van der Waals surface area contributed by atoms with Gasteiger partial charge in [-0.25, -0.2) is 9.69 Å². The first kappa shape index (κ1) is 23.9. The fourth-order valence-corrected chi connectivity index (χ4v) is 4.92. The number of hydrogen-bond acceptors (Lipinski definition) is 4. The van der Waals surface area contributed by atoms with Gasteiger partial charge in [0.2, 0.25) is 0 Å². The van der Waals surface area contributed by atoms with Crippen molar-refractivity contribution in [1.29, 1.82) is 0 Å². The van der Waals surface area contributed by atoms with Gasteiger partial charge in [0.1, 0.15) is 5.75 Å². The van der Waals surface area contributed by atoms with E-state index in [0.717, 1.165) is 0 Å². The summed E-state index contributed by atoms with van der Waals surface area (Å²) in [7, 11) is 0. The lowest BCUT2D eigenvalue weighted by Gasteiger charge is -2.23. The number of phenolic OH excluding ortho intramolecular Hbond substituents is 1. The number of hydrazone groups is 1. The zero-order valence-corrected chi connectivity index (χ0v) is 21.0. The Morgan fingerprint density at radius 1 is 0.917 bits per heavy atom. The fraction of sp³-hybridized carbons (Fsp3) is 0.148. The molecule has 5 rings (SSSR count). The van der Waals surface area contributed by atoms with Gasteiger partial charge in [-0.05, 0) is 80.1 Å². The van der Waals surface area contributed by atoms with Gasteiger partial charge in [-0.2, -0.15) is 5.10 Å². The number of phenols is 1. The van der Waals surface area contributed by atoms with Gasteiger partial charge in [-0.3, -0.25) is 14.7 Å². The highest BCUT2D eigenvalue weighted by molar-refractivity contribution is 6.31. The number of hydrogen-bond donors (Lipinski definition) is 2. The summed E-state index contributed by atoms with van der Waals surface area (Å²) in [6.07, 6.45) is 0. The summed E-state index contributed by atoms with van der Waals surface area (Å²) in [5.74, 6) is -1.69. The Labute approximate surface area is 217 Å². The first-order chi connectivity index (χ1) is 17.2. The van der Waals surface area contributed by atoms with Crippen molar-refractivity contribution in [2.24, 2.45) is 11.0 Å². The van der Waals surface area contributed by atoms with Gasteiger partial charge in [0.05, 0.1) is 17.3 Å². The van der Waals surface area contributed by atoms with Crippen LogP contribution in [-0.4, -0.2) is 26.5 Å². The predicted octanol–water partition coefficient (Wildman–Crippen LogP) is 5.66. The standard InChI is InChI=1S/C27H22Cl2N4O3/c1-15-23(26(35)32(30-15)20-10-6-18(28)7-11-20)25(17-4-3-5-22(34)14-17)24-16(2)31-33(27(24)36)21-12-8-19(29)9-13-21/h3-14,23,25,31,34H,1-2H3/t23-,25+/m0/s1. The molecule has 7 nitrogen and oxygen atoms in total. The molecule has 0 bridgehead atoms. The van der Waals surface area contributed by atoms with Crippen molar-refractivity contribution < 1.29 is 9.90 Å². The summed E-state index contributed by atoms with van der Waals surface area (Å²) in [5.41, 5.74) is 3.10. The van der Waals surface area contributed by atoms with Crippen LogP contribution in [-0.2, 0) is 4.79 Å². The van der Waals surface area contributed by atoms with Gasteiger partial charge in [0, 0.05) is 32.9 Å². The molecule has 3 aromatic carbocycles. The van der Waals surface area contributed by atoms with Crippen molar-refractivity contribution in [1.82, 2.24) is 9.78 Å². The molecule has 1 aliphatic heterocycles. The fourth-order valence-electron chi connectivity index (χ4n) is 4.67. The second kappa shape index (κ2) is 9.33. The maximum atomic E-state index is 13.8. The number of amides is 1. The molecule has 182 valence electrons. The average Bonchev–Trinajstić information content (AvgIpc) is 3.31. The van der Waals surface area contributed by atoms with E-state index in [4.69, 9.17) is 23.2 Å². The highest BCUT2D eigenvalue weighted by Crippen LogP contribution is 2.39. The quantitative estimate of drug-likeness (QED) is 0.355. The summed E-state index contributed by atoms with van der Waals surface area (Å²) in [5, 5.41) is 20.4. The van der Waals surface area contributed by atoms with Crippen molar-refractivity contribution in [3.8, 4) is 11.4 Å². The molecule has 0 unspecified atom stereocenters. The zero-order valence-electron chi connectivity index (χ0n) is 19.4. The minimum absolute atomic E-state index is 0.0401. The molecule has 4 aromatic rings. The van der Waals surface area contributed by atoms with Crippen LogP contribution in [0.1, 0.15) is 29.7 Å². The molecule has 0 aliphatic carbocycles. The average molecular weight is 521 g/mol. The van der Waals surface area contributed by atoms with Crippen LogP contribution in [0, 0.1) is 12.8 Å². The lowest BCUT2D eigenvalue weighted by Crippen LogP contribution is -2.34. The highest BCUT2D eigenvalue weighted by Gasteiger charge is 2.43. The van der Waals surface area contributed by atoms with Crippen LogP contribution in [0.3, 0.4) is 0 Å². The second-order valence-electron chi connectivity index (χ2n) is 8.69. The van der Waals surface area contributed by atoms with Gasteiger partial charge in [-0.1, -0.05) is 35.3 Å². The largest absolute Gasteiger partial charge is 0.508 e. The second-order valence-corrected chi connectivity index (χ2v) is 9.56. The lowest BCUT2D eigenvalue weighted by atomic mass is 9.78. The van der Waals surface area contributed by atoms with Crippen LogP contribution < -0.4 is 10.6 Å². The molecule has 2 atom stereocenters. The number of carbonyl (C=O) groups excluding carboxylic acids is 1. The first-order valence-corrected chi connectivity index (χ1v) is 12.0. The molecule has 2 heterocycles. The minimum Gasteiger partial charge on any atom is -0.508 e. The molecule has 0 radical (unpaired) electrons. The molecule has 0 saturated heterocycles. The highest BCUT2D eigenvalue weighted by atomic mass is 35.5. The van der Waals surface area contributed by atoms with Gasteiger partial charge in [0.15, 0.2) is 0 Å². The van der Waals surface area contributed by atoms with E-state index in [1.165, 1.54) is 9.69 Å². The van der Waals surface area contributed by atoms with Gasteiger partial charge in [-0.15, -0.1) is 0 Å². The summed E-state index contributed by atoms with van der Waals surface area (Å²) in [4.78, 5) is 27.6. The number of nitrogens with one attached hydrogen (secondary N) is 1. The van der Waals surface area contributed by atoms with E-state index in [1.54, 1.807) is 86.6 Å². The number of aryl methyl sites for hydroxylation is 1. The van der Waals surface area contributed by atoms with Crippen LogP contribution in [0.5, 0.6) is 5.75 Å². The lowest BCUT2D eigenvalue weighted by molar-refractivity contribution is -0.120. The van der Waals surface area contributed by atoms with Crippen LogP contribution >= 0.6 is 23.2 Å². The number of nitrogens with zero attached hydrogens (tertiary/aromatic N) is 3. The number of aromatic hydroxyl groups is 1. The van der Waals surface area contributed by atoms with E-state index in [-0.39, 0.29) is 17.2 Å². The van der Waals surface area contributed by atoms with Crippen LogP contribution in [0.2, 0.25) is 10.0 Å². The van der Waals surface area contributed by atoms with Crippen LogP contribution in [0.25, 0.3) is 5.69 Å². The molecule has 36 heavy (non-hydrogen) atoms. The third-order valence-corrected chi connectivity index (χ3v) is 6.83. The molecule has 1 aromatic heterocycles. The van der Waals surface area contributed by atoms with Crippen molar-refractivity contribution in [2.75, 3.05) is 5.01 Å². The number of anilines is 1. The normalized spacial score (nSPS) is 16.3. The molecule has 0 spiro atoms. The Bertz CT molecular complexity index is 1540. The van der Waals surface area contributed by atoms with E-state index in [9.17, 15) is 14.7 Å². The van der Waals surface area contributed by atoms with Gasteiger partial charge in [0.25, 0.3) is 11.5 Å². The third kappa shape index (κ3) is 4.21. The molecule has 0 saturated carbocycles. The Morgan fingerprint density at radius 2 is 1.53 bits per heavy atom. The summed E-state index contributed by atoms with van der Waals surface area (Å²) >= 11 is 12.1. The molecule has 0 fully saturated rings. The van der Waals surface area contributed by atoms with Crippen molar-refractivity contribution >= 4 is 40.5 Å². The van der Waals surface area contributed by atoms with E-state index in [0.29, 0.717) is 44.0 Å². The van der Waals surface area contributed by atoms with Gasteiger partial charge >= 0.3 is 0 Å². The monoisotopic (exact) mass is 520 g/mol. The number of halogens is 2. The van der Waals surface area contributed by atoms with Crippen molar-refractivity contribution in [3.63, 3.8) is 0 Å². The Hall–Kier alpha value is -3.81. The number of H-pyrrole nitrogens is 1. The maximum Gasteiger partial charge on any atom is 0.275 e. The summed E-state index contributed by atoms with van der Waals surface area (Å²) in [6.45, 7) is 3.57. The first-order valence-electron chi connectivity index (χ1n) is 11.3. The number of benzene rings is 3.